The first-order chi connectivity index (χ1) is 10.6. The number of nitrogens with one attached hydrogen (secondary N) is 1. The smallest absolute Gasteiger partial charge is 0.233 e. The molecule has 3 nitrogen and oxygen atoms in total. The van der Waals surface area contributed by atoms with Gasteiger partial charge in [-0.25, -0.2) is 0 Å². The number of hydrogen-bond donors (Lipinski definition) is 1. The zero-order valence-corrected chi connectivity index (χ0v) is 13.9. The number of hydrogen-bond acceptors (Lipinski definition) is 3. The summed E-state index contributed by atoms with van der Waals surface area (Å²) in [4.78, 5) is 13.3. The van der Waals surface area contributed by atoms with E-state index in [1.54, 1.807) is 18.9 Å². The van der Waals surface area contributed by atoms with E-state index < -0.39 is 0 Å². The van der Waals surface area contributed by atoms with Gasteiger partial charge in [0.2, 0.25) is 5.91 Å². The lowest BCUT2D eigenvalue weighted by Crippen LogP contribution is -2.30. The predicted molar refractivity (Wildman–Crippen MR) is 91.3 cm³/mol. The molecular formula is C18H21NO2S. The second kappa shape index (κ2) is 7.90. The first-order valence-corrected chi connectivity index (χ1v) is 8.10. The van der Waals surface area contributed by atoms with Crippen molar-refractivity contribution in [1.29, 1.82) is 0 Å². The predicted octanol–water partition coefficient (Wildman–Crippen LogP) is 3.80. The molecule has 0 aromatic heterocycles. The number of ether oxygens (including phenoxy) is 1. The highest BCUT2D eigenvalue weighted by Gasteiger charge is 2.13. The van der Waals surface area contributed by atoms with Gasteiger partial charge < -0.3 is 10.1 Å². The molecule has 22 heavy (non-hydrogen) atoms. The summed E-state index contributed by atoms with van der Waals surface area (Å²) in [6.45, 7) is 4.51. The van der Waals surface area contributed by atoms with Gasteiger partial charge in [-0.2, -0.15) is 0 Å². The van der Waals surface area contributed by atoms with Gasteiger partial charge in [0.1, 0.15) is 5.75 Å². The second-order valence-electron chi connectivity index (χ2n) is 5.14. The minimum atomic E-state index is -0.124. The van der Waals surface area contributed by atoms with Crippen LogP contribution in [0.4, 0.5) is 0 Å². The maximum atomic E-state index is 12.2. The molecule has 1 atom stereocenters. The third-order valence-electron chi connectivity index (χ3n) is 3.33. The number of amides is 1. The molecule has 0 heterocycles. The largest absolute Gasteiger partial charge is 0.497 e. The van der Waals surface area contributed by atoms with Crippen LogP contribution in [0.2, 0.25) is 0 Å². The maximum Gasteiger partial charge on any atom is 0.233 e. The number of thioether (sulfide) groups is 1. The molecule has 0 aliphatic heterocycles. The summed E-state index contributed by atoms with van der Waals surface area (Å²) < 4.78 is 5.12. The Morgan fingerprint density at radius 1 is 1.14 bits per heavy atom. The van der Waals surface area contributed by atoms with Crippen molar-refractivity contribution in [3.05, 3.63) is 59.7 Å². The lowest BCUT2D eigenvalue weighted by atomic mass is 10.2. The van der Waals surface area contributed by atoms with Gasteiger partial charge in [0.05, 0.1) is 12.4 Å². The quantitative estimate of drug-likeness (QED) is 0.824. The lowest BCUT2D eigenvalue weighted by Gasteiger charge is -2.12. The molecule has 0 aliphatic carbocycles. The molecule has 1 N–H and O–H groups in total. The van der Waals surface area contributed by atoms with Crippen LogP contribution in [0.15, 0.2) is 53.4 Å². The van der Waals surface area contributed by atoms with Crippen molar-refractivity contribution in [2.24, 2.45) is 0 Å². The van der Waals surface area contributed by atoms with E-state index >= 15 is 0 Å². The van der Waals surface area contributed by atoms with Crippen molar-refractivity contribution < 1.29 is 9.53 Å². The minimum absolute atomic E-state index is 0.0430. The van der Waals surface area contributed by atoms with Crippen LogP contribution in [0.5, 0.6) is 5.75 Å². The van der Waals surface area contributed by atoms with Gasteiger partial charge in [-0.1, -0.05) is 29.8 Å². The van der Waals surface area contributed by atoms with Gasteiger partial charge in [-0.3, -0.25) is 4.79 Å². The van der Waals surface area contributed by atoms with Crippen molar-refractivity contribution in [3.8, 4) is 5.75 Å². The molecule has 0 saturated heterocycles. The number of benzene rings is 2. The molecule has 2 aromatic rings. The number of methoxy groups -OCH3 is 1. The molecule has 0 spiro atoms. The topological polar surface area (TPSA) is 38.3 Å². The summed E-state index contributed by atoms with van der Waals surface area (Å²) in [6.07, 6.45) is 0. The molecule has 2 aromatic carbocycles. The zero-order chi connectivity index (χ0) is 15.9. The summed E-state index contributed by atoms with van der Waals surface area (Å²) in [6, 6.07) is 15.9. The summed E-state index contributed by atoms with van der Waals surface area (Å²) >= 11 is 1.57. The van der Waals surface area contributed by atoms with Crippen LogP contribution >= 0.6 is 11.8 Å². The molecule has 0 saturated carbocycles. The number of rotatable bonds is 6. The van der Waals surface area contributed by atoms with Crippen LogP contribution in [0, 0.1) is 6.92 Å². The summed E-state index contributed by atoms with van der Waals surface area (Å²) in [7, 11) is 1.64. The number of carbonyl (C=O) groups is 1. The Bertz CT molecular complexity index is 608. The molecule has 4 heteroatoms. The van der Waals surface area contributed by atoms with E-state index in [1.165, 1.54) is 5.56 Å². The van der Waals surface area contributed by atoms with Gasteiger partial charge in [-0.05, 0) is 43.7 Å². The first-order valence-electron chi connectivity index (χ1n) is 7.22. The highest BCUT2D eigenvalue weighted by Crippen LogP contribution is 2.23. The summed E-state index contributed by atoms with van der Waals surface area (Å²) in [5.74, 6) is 0.861. The molecule has 116 valence electrons. The van der Waals surface area contributed by atoms with Crippen LogP contribution in [-0.4, -0.2) is 18.3 Å². The van der Waals surface area contributed by atoms with Gasteiger partial charge in [0, 0.05) is 11.4 Å². The van der Waals surface area contributed by atoms with E-state index in [0.29, 0.717) is 6.54 Å². The Labute approximate surface area is 136 Å². The second-order valence-corrected chi connectivity index (χ2v) is 6.55. The first kappa shape index (κ1) is 16.4. The van der Waals surface area contributed by atoms with E-state index in [1.807, 2.05) is 43.3 Å². The average molecular weight is 315 g/mol. The molecular weight excluding hydrogens is 294 g/mol. The van der Waals surface area contributed by atoms with Crippen LogP contribution in [0.3, 0.4) is 0 Å². The van der Waals surface area contributed by atoms with Gasteiger partial charge >= 0.3 is 0 Å². The van der Waals surface area contributed by atoms with Gasteiger partial charge in [-0.15, -0.1) is 11.8 Å². The van der Waals surface area contributed by atoms with Crippen LogP contribution < -0.4 is 10.1 Å². The number of aryl methyl sites for hydroxylation is 1. The number of carbonyl (C=O) groups excluding carboxylic acids is 1. The van der Waals surface area contributed by atoms with Crippen molar-refractivity contribution in [1.82, 2.24) is 5.32 Å². The average Bonchev–Trinajstić information content (AvgIpc) is 2.55. The third-order valence-corrected chi connectivity index (χ3v) is 4.44. The Morgan fingerprint density at radius 2 is 1.77 bits per heavy atom. The fourth-order valence-electron chi connectivity index (χ4n) is 1.95. The van der Waals surface area contributed by atoms with E-state index in [2.05, 4.69) is 24.4 Å². The third kappa shape index (κ3) is 4.81. The molecule has 0 radical (unpaired) electrons. The lowest BCUT2D eigenvalue weighted by molar-refractivity contribution is -0.120. The standard InChI is InChI=1S/C18H21NO2S/c1-13-4-10-17(11-5-13)22-14(2)18(20)19-12-15-6-8-16(21-3)9-7-15/h4-11,14H,12H2,1-3H3,(H,19,20)/t14-/m1/s1. The van der Waals surface area contributed by atoms with Crippen LogP contribution in [-0.2, 0) is 11.3 Å². The Kier molecular flexibility index (Phi) is 5.90. The fourth-order valence-corrected chi connectivity index (χ4v) is 2.84. The fraction of sp³-hybridized carbons (Fsp3) is 0.278. The molecule has 0 bridgehead atoms. The molecule has 2 rings (SSSR count). The maximum absolute atomic E-state index is 12.2. The van der Waals surface area contributed by atoms with Crippen molar-refractivity contribution in [2.75, 3.05) is 7.11 Å². The Balaban J connectivity index is 1.84. The zero-order valence-electron chi connectivity index (χ0n) is 13.1. The monoisotopic (exact) mass is 315 g/mol. The molecule has 0 unspecified atom stereocenters. The normalized spacial score (nSPS) is 11.8. The van der Waals surface area contributed by atoms with Crippen molar-refractivity contribution >= 4 is 17.7 Å². The Hall–Kier alpha value is -1.94. The minimum Gasteiger partial charge on any atom is -0.497 e. The van der Waals surface area contributed by atoms with Crippen molar-refractivity contribution in [3.63, 3.8) is 0 Å². The van der Waals surface area contributed by atoms with Crippen molar-refractivity contribution in [2.45, 2.75) is 30.5 Å². The van der Waals surface area contributed by atoms with E-state index in [4.69, 9.17) is 4.74 Å². The highest BCUT2D eigenvalue weighted by molar-refractivity contribution is 8.00. The molecule has 0 fully saturated rings. The Morgan fingerprint density at radius 3 is 2.36 bits per heavy atom. The van der Waals surface area contributed by atoms with E-state index in [9.17, 15) is 4.79 Å². The van der Waals surface area contributed by atoms with Gasteiger partial charge in [0.25, 0.3) is 0 Å². The SMILES string of the molecule is COc1ccc(CNC(=O)[C@@H](C)Sc2ccc(C)cc2)cc1. The summed E-state index contributed by atoms with van der Waals surface area (Å²) in [5, 5.41) is 2.84. The summed E-state index contributed by atoms with van der Waals surface area (Å²) in [5.41, 5.74) is 2.28. The van der Waals surface area contributed by atoms with Crippen LogP contribution in [0.1, 0.15) is 18.1 Å². The highest BCUT2D eigenvalue weighted by atomic mass is 32.2. The van der Waals surface area contributed by atoms with E-state index in [-0.39, 0.29) is 11.2 Å². The van der Waals surface area contributed by atoms with Crippen LogP contribution in [0.25, 0.3) is 0 Å². The molecule has 1 amide bonds. The van der Waals surface area contributed by atoms with E-state index in [0.717, 1.165) is 16.2 Å². The molecule has 0 aliphatic rings. The van der Waals surface area contributed by atoms with Gasteiger partial charge in [0.15, 0.2) is 0 Å².